The zero-order valence-electron chi connectivity index (χ0n) is 57.2. The number of piperidine rings is 1. The highest BCUT2D eigenvalue weighted by Gasteiger charge is 2.72. The molecule has 1 spiro atoms. The van der Waals surface area contributed by atoms with Crippen LogP contribution in [0.3, 0.4) is 0 Å². The molecule has 18 rings (SSSR count). The lowest BCUT2D eigenvalue weighted by Crippen LogP contribution is -2.58. The van der Waals surface area contributed by atoms with Crippen molar-refractivity contribution in [3.8, 4) is 23.5 Å². The maximum atomic E-state index is 15.0. The molecule has 18 atom stereocenters. The van der Waals surface area contributed by atoms with E-state index in [0.717, 1.165) is 113 Å². The van der Waals surface area contributed by atoms with Gasteiger partial charge in [0.2, 0.25) is 5.96 Å². The van der Waals surface area contributed by atoms with Crippen molar-refractivity contribution in [3.63, 3.8) is 0 Å². The van der Waals surface area contributed by atoms with Crippen LogP contribution in [0, 0.1) is 82.0 Å². The summed E-state index contributed by atoms with van der Waals surface area (Å²) in [6, 6.07) is 37.3. The number of hydrogen-bond acceptors (Lipinski definition) is 14. The minimum atomic E-state index is -0.571. The van der Waals surface area contributed by atoms with Crippen molar-refractivity contribution in [2.24, 2.45) is 86.5 Å². The smallest absolute Gasteiger partial charge is 0.202 e. The molecule has 0 amide bonds. The van der Waals surface area contributed by atoms with E-state index in [1.54, 1.807) is 12.1 Å². The predicted molar refractivity (Wildman–Crippen MR) is 387 cm³/mol. The van der Waals surface area contributed by atoms with E-state index in [1.165, 1.54) is 53.9 Å². The number of nitrogens with one attached hydrogen (secondary N) is 5. The number of fused-ring (bicyclic) bond motifs is 3. The summed E-state index contributed by atoms with van der Waals surface area (Å²) in [7, 11) is 1.49. The number of carbonyl (C=O) groups is 2. The molecule has 4 aromatic rings. The van der Waals surface area contributed by atoms with Crippen molar-refractivity contribution >= 4 is 23.1 Å². The van der Waals surface area contributed by atoms with Crippen molar-refractivity contribution in [2.45, 2.75) is 165 Å². The lowest BCUT2D eigenvalue weighted by molar-refractivity contribution is -0.126. The van der Waals surface area contributed by atoms with Crippen molar-refractivity contribution < 1.29 is 29.6 Å². The average Bonchev–Trinajstić information content (AvgIpc) is 1.50. The van der Waals surface area contributed by atoms with E-state index in [4.69, 9.17) is 21.2 Å². The summed E-state index contributed by atoms with van der Waals surface area (Å²) in [6.07, 6.45) is 29.9. The number of hydrogen-bond donors (Lipinski definition) is 10. The van der Waals surface area contributed by atoms with Crippen LogP contribution in [-0.2, 0) is 41.7 Å². The van der Waals surface area contributed by atoms with Gasteiger partial charge in [-0.15, -0.1) is 0 Å². The number of rotatable bonds is 12. The number of methoxy groups -OCH3 is 1. The minimum Gasteiger partial charge on any atom is -0.504 e. The second kappa shape index (κ2) is 28.7. The van der Waals surface area contributed by atoms with Crippen LogP contribution in [0.25, 0.3) is 5.57 Å². The number of Topliss-reactive ketones (excluding diaryl/α,β-unsaturated/α-hetero) is 1. The number of phenolic OH excluding ortho intramolecular Hbond substituents is 1. The SMILES string of the molecule is COc1cc2c(cc1O)CC1=CNC(N)C=C1C(Cc1cccc(CCc3ccccc3)c1)CC#CN=C(N)NC1CC3=C4C=CCC(O)C4NC4CC5(CC6C7CCNCC7CC7C=CCNC76)CC(CCC5C45CCC(C1CCc1ccccc1)C35)CC(=O)CC(=O)C=C2CO. The summed E-state index contributed by atoms with van der Waals surface area (Å²) in [4.78, 5) is 34.6. The Kier molecular flexibility index (Phi) is 19.5. The molecule has 1 saturated heterocycles. The molecule has 14 heteroatoms. The summed E-state index contributed by atoms with van der Waals surface area (Å²) < 4.78 is 5.71. The lowest BCUT2D eigenvalue weighted by atomic mass is 9.49. The van der Waals surface area contributed by atoms with Crippen molar-refractivity contribution in [1.29, 1.82) is 0 Å². The Hall–Kier alpha value is -7.35. The Morgan fingerprint density at radius 3 is 2.49 bits per heavy atom. The van der Waals surface area contributed by atoms with Gasteiger partial charge in [-0.3, -0.25) is 9.59 Å². The highest BCUT2D eigenvalue weighted by molar-refractivity contribution is 6.08. The standard InChI is InChI=1S/C84H102N8O6/c1-98-75-43-68-58(40-74(75)97)38-60-49-90-78(85)44-69(60)56(35-54-17-8-16-53(34-54)23-22-51-12-4-2-5-13-51)18-10-32-89-82(86)91-72-42-70-67-20-9-21-73(96)81(67)92-77-47-83(46-71-64-29-33-87-48-59(64)37-57-19-11-31-88-80(57)71)45-55(36-62(94)41-63(95)39-61(68)50-93)25-27-76(83)84(77)30-28-66(79(70)84)65(72)26-24-52-14-6-3-7-15-52/h2-9,11-17,19-20,34,39-40,43-44,49,55-57,59,64-66,71-73,76-81,87-88,90,92-93,96-97H,18,21-31,33,35-38,41-42,45-48,50,85H2,1H3,(H3,86,89,91). The molecular formula is C84H102N8O6. The molecule has 4 aromatic carbocycles. The number of aliphatic imine (C=N–C) groups is 1. The molecule has 18 unspecified atom stereocenters. The topological polar surface area (TPSA) is 229 Å². The third-order valence-corrected chi connectivity index (χ3v) is 26.1. The van der Waals surface area contributed by atoms with E-state index in [-0.39, 0.29) is 88.5 Å². The maximum absolute atomic E-state index is 15.0. The van der Waals surface area contributed by atoms with Gasteiger partial charge >= 0.3 is 0 Å². The number of nitrogens with zero attached hydrogens (tertiary/aromatic N) is 1. The number of ether oxygens (including phenoxy) is 1. The number of aromatic hydroxyl groups is 1. The van der Waals surface area contributed by atoms with Crippen LogP contribution >= 0.6 is 0 Å². The predicted octanol–water partition coefficient (Wildman–Crippen LogP) is 10.4. The zero-order chi connectivity index (χ0) is 67.1. The molecule has 8 aliphatic heterocycles. The molecular weight excluding hydrogens is 1220 g/mol. The molecule has 0 radical (unpaired) electrons. The second-order valence-corrected chi connectivity index (χ2v) is 31.4. The van der Waals surface area contributed by atoms with E-state index in [2.05, 4.69) is 154 Å². The van der Waals surface area contributed by atoms with E-state index < -0.39 is 18.9 Å². The number of ketones is 2. The molecule has 0 aromatic heterocycles. The van der Waals surface area contributed by atoms with Crippen LogP contribution < -0.4 is 42.8 Å². The number of carbonyl (C=O) groups excluding carboxylic acids is 2. The first-order valence-corrected chi connectivity index (χ1v) is 37.2. The summed E-state index contributed by atoms with van der Waals surface area (Å²) in [5.41, 5.74) is 25.1. The van der Waals surface area contributed by atoms with Crippen LogP contribution in [0.4, 0.5) is 0 Å². The molecule has 6 aliphatic carbocycles. The van der Waals surface area contributed by atoms with Crippen molar-refractivity contribution in [2.75, 3.05) is 33.4 Å². The molecule has 12 N–H and O–H groups in total. The number of allylic oxidation sites excluding steroid dienone is 3. The average molecular weight is 1320 g/mol. The first-order chi connectivity index (χ1) is 47.8. The summed E-state index contributed by atoms with van der Waals surface area (Å²) in [6.45, 7) is 2.51. The molecule has 5 saturated carbocycles. The Morgan fingerprint density at radius 2 is 1.66 bits per heavy atom. The minimum absolute atomic E-state index is 0.0355. The third-order valence-electron chi connectivity index (χ3n) is 26.1. The van der Waals surface area contributed by atoms with Crippen LogP contribution in [0.2, 0.25) is 0 Å². The van der Waals surface area contributed by atoms with Gasteiger partial charge in [0, 0.05) is 49.8 Å². The van der Waals surface area contributed by atoms with Gasteiger partial charge < -0.3 is 58.1 Å². The van der Waals surface area contributed by atoms with E-state index in [9.17, 15) is 24.9 Å². The quantitative estimate of drug-likeness (QED) is 0.0362. The number of benzene rings is 4. The van der Waals surface area contributed by atoms with Gasteiger partial charge in [-0.05, 0) is 272 Å². The van der Waals surface area contributed by atoms with Gasteiger partial charge in [0.05, 0.1) is 38.4 Å². The van der Waals surface area contributed by atoms with Crippen LogP contribution in [0.1, 0.15) is 130 Å². The number of guanidine groups is 1. The highest BCUT2D eigenvalue weighted by Crippen LogP contribution is 2.75. The molecule has 14 nitrogen and oxygen atoms in total. The van der Waals surface area contributed by atoms with Gasteiger partial charge in [0.25, 0.3) is 0 Å². The van der Waals surface area contributed by atoms with Crippen LogP contribution in [0.15, 0.2) is 167 Å². The molecule has 98 heavy (non-hydrogen) atoms. The van der Waals surface area contributed by atoms with Crippen molar-refractivity contribution in [3.05, 3.63) is 195 Å². The monoisotopic (exact) mass is 1320 g/mol. The maximum Gasteiger partial charge on any atom is 0.202 e. The lowest BCUT2D eigenvalue weighted by Gasteiger charge is -2.57. The van der Waals surface area contributed by atoms with Crippen LogP contribution in [0.5, 0.6) is 11.5 Å². The fraction of sp³-hybridized carbons (Fsp3) is 0.512. The van der Waals surface area contributed by atoms with Gasteiger partial charge in [-0.1, -0.05) is 121 Å². The third kappa shape index (κ3) is 13.3. The number of phenols is 1. The summed E-state index contributed by atoms with van der Waals surface area (Å²) in [5.74, 6) is 6.88. The Morgan fingerprint density at radius 1 is 0.857 bits per heavy atom. The van der Waals surface area contributed by atoms with Crippen molar-refractivity contribution in [1.82, 2.24) is 26.6 Å². The molecule has 8 heterocycles. The highest BCUT2D eigenvalue weighted by atomic mass is 16.5. The molecule has 14 aliphatic rings. The number of aliphatic hydroxyl groups is 2. The largest absolute Gasteiger partial charge is 0.504 e. The van der Waals surface area contributed by atoms with Gasteiger partial charge in [0.1, 0.15) is 5.78 Å². The van der Waals surface area contributed by atoms with Gasteiger partial charge in [-0.2, -0.15) is 4.99 Å². The first-order valence-electron chi connectivity index (χ1n) is 37.2. The zero-order valence-corrected chi connectivity index (χ0v) is 57.2. The molecule has 6 fully saturated rings. The number of aliphatic hydroxyl groups excluding tert-OH is 2. The number of nitrogens with two attached hydrogens (primary N) is 2. The molecule has 514 valence electrons. The van der Waals surface area contributed by atoms with Gasteiger partial charge in [-0.25, -0.2) is 0 Å². The van der Waals surface area contributed by atoms with Gasteiger partial charge in [0.15, 0.2) is 17.3 Å². The Bertz CT molecular complexity index is 3920. The normalized spacial score (nSPS) is 35.1. The summed E-state index contributed by atoms with van der Waals surface area (Å²) >= 11 is 0. The number of aryl methyl sites for hydroxylation is 3. The Labute approximate surface area is 579 Å². The Balaban J connectivity index is 0.840. The second-order valence-electron chi connectivity index (χ2n) is 31.4. The first kappa shape index (κ1) is 66.5. The molecule has 8 bridgehead atoms. The van der Waals surface area contributed by atoms with E-state index in [1.807, 2.05) is 6.20 Å². The summed E-state index contributed by atoms with van der Waals surface area (Å²) in [5, 5.41) is 55.0. The van der Waals surface area contributed by atoms with E-state index in [0.29, 0.717) is 89.9 Å². The fourth-order valence-corrected chi connectivity index (χ4v) is 22.4. The van der Waals surface area contributed by atoms with E-state index >= 15 is 0 Å². The fourth-order valence-electron chi connectivity index (χ4n) is 22.4. The van der Waals surface area contributed by atoms with Crippen LogP contribution in [-0.4, -0.2) is 103 Å². The number of dihydropyridines is 1.